The number of hydrogen-bond donors (Lipinski definition) is 2. The van der Waals surface area contributed by atoms with Crippen molar-refractivity contribution in [2.75, 3.05) is 11.9 Å². The molecule has 0 spiro atoms. The van der Waals surface area contributed by atoms with E-state index in [4.69, 9.17) is 16.3 Å². The standard InChI is InChI=1S/C27H24ClN3O3/c28-22-15-21(16-23(17-22)29-12-11-19-7-3-1-4-8-19)24(25-26(32)31-14-13-30-25)27(33)34-18-20-9-5-2-6-10-20/h1-10,13-17,24,29H,11-12,18H2,(H,31,32). The minimum absolute atomic E-state index is 0.0538. The van der Waals surface area contributed by atoms with E-state index in [1.807, 2.05) is 48.5 Å². The van der Waals surface area contributed by atoms with Crippen LogP contribution < -0.4 is 10.9 Å². The van der Waals surface area contributed by atoms with Crippen LogP contribution in [0.4, 0.5) is 5.69 Å². The number of carbonyl (C=O) groups excluding carboxylic acids is 1. The van der Waals surface area contributed by atoms with E-state index in [-0.39, 0.29) is 12.3 Å². The lowest BCUT2D eigenvalue weighted by Crippen LogP contribution is -2.26. The molecular formula is C27H24ClN3O3. The Kier molecular flexibility index (Phi) is 7.73. The summed E-state index contributed by atoms with van der Waals surface area (Å²) in [6, 6.07) is 24.7. The second kappa shape index (κ2) is 11.3. The molecule has 0 radical (unpaired) electrons. The third-order valence-electron chi connectivity index (χ3n) is 5.31. The zero-order valence-corrected chi connectivity index (χ0v) is 19.2. The highest BCUT2D eigenvalue weighted by molar-refractivity contribution is 6.31. The molecule has 0 amide bonds. The molecule has 0 bridgehead atoms. The smallest absolute Gasteiger partial charge is 0.320 e. The highest BCUT2D eigenvalue weighted by atomic mass is 35.5. The summed E-state index contributed by atoms with van der Waals surface area (Å²) in [5, 5.41) is 3.79. The number of anilines is 1. The van der Waals surface area contributed by atoms with Gasteiger partial charge >= 0.3 is 5.97 Å². The molecule has 4 rings (SSSR count). The largest absolute Gasteiger partial charge is 0.460 e. The molecular weight excluding hydrogens is 450 g/mol. The highest BCUT2D eigenvalue weighted by Crippen LogP contribution is 2.29. The molecule has 1 unspecified atom stereocenters. The maximum absolute atomic E-state index is 13.2. The van der Waals surface area contributed by atoms with Crippen LogP contribution in [0, 0.1) is 0 Å². The minimum atomic E-state index is -1.03. The molecule has 1 heterocycles. The van der Waals surface area contributed by atoms with Crippen molar-refractivity contribution in [1.29, 1.82) is 0 Å². The molecule has 4 aromatic rings. The maximum Gasteiger partial charge on any atom is 0.320 e. The number of aromatic amines is 1. The average molecular weight is 474 g/mol. The van der Waals surface area contributed by atoms with Gasteiger partial charge in [-0.05, 0) is 41.3 Å². The molecule has 0 aliphatic carbocycles. The molecule has 172 valence electrons. The van der Waals surface area contributed by atoms with Crippen LogP contribution in [0.5, 0.6) is 0 Å². The van der Waals surface area contributed by atoms with Crippen LogP contribution in [-0.4, -0.2) is 22.5 Å². The number of aromatic nitrogens is 2. The van der Waals surface area contributed by atoms with E-state index in [1.165, 1.54) is 18.0 Å². The van der Waals surface area contributed by atoms with Crippen LogP contribution in [0.3, 0.4) is 0 Å². The average Bonchev–Trinajstić information content (AvgIpc) is 2.85. The SMILES string of the molecule is O=C(OCc1ccccc1)C(c1cc(Cl)cc(NCCc2ccccc2)c1)c1ncc[nH]c1=O. The summed E-state index contributed by atoms with van der Waals surface area (Å²) in [6.07, 6.45) is 3.69. The van der Waals surface area contributed by atoms with Crippen molar-refractivity contribution in [3.63, 3.8) is 0 Å². The first-order valence-electron chi connectivity index (χ1n) is 10.9. The monoisotopic (exact) mass is 473 g/mol. The van der Waals surface area contributed by atoms with Gasteiger partial charge in [0.05, 0.1) is 0 Å². The normalized spacial score (nSPS) is 11.6. The van der Waals surface area contributed by atoms with Gasteiger partial charge in [-0.2, -0.15) is 0 Å². The zero-order chi connectivity index (χ0) is 23.8. The van der Waals surface area contributed by atoms with Crippen molar-refractivity contribution in [1.82, 2.24) is 9.97 Å². The van der Waals surface area contributed by atoms with Crippen molar-refractivity contribution in [3.05, 3.63) is 129 Å². The van der Waals surface area contributed by atoms with Crippen LogP contribution in [0.25, 0.3) is 0 Å². The molecule has 7 heteroatoms. The number of benzene rings is 3. The number of hydrogen-bond acceptors (Lipinski definition) is 5. The molecule has 0 aliphatic heterocycles. The van der Waals surface area contributed by atoms with E-state index in [9.17, 15) is 9.59 Å². The number of rotatable bonds is 9. The zero-order valence-electron chi connectivity index (χ0n) is 18.4. The number of nitrogens with zero attached hydrogens (tertiary/aromatic N) is 1. The highest BCUT2D eigenvalue weighted by Gasteiger charge is 2.29. The van der Waals surface area contributed by atoms with Crippen LogP contribution >= 0.6 is 11.6 Å². The number of esters is 1. The predicted octanol–water partition coefficient (Wildman–Crippen LogP) is 4.95. The number of carbonyl (C=O) groups is 1. The summed E-state index contributed by atoms with van der Waals surface area (Å²) >= 11 is 6.40. The van der Waals surface area contributed by atoms with Gasteiger partial charge in [0.15, 0.2) is 0 Å². The molecule has 0 saturated carbocycles. The number of ether oxygens (including phenoxy) is 1. The molecule has 6 nitrogen and oxygen atoms in total. The Morgan fingerprint density at radius 1 is 1.00 bits per heavy atom. The Morgan fingerprint density at radius 3 is 2.41 bits per heavy atom. The fourth-order valence-corrected chi connectivity index (χ4v) is 3.91. The Bertz CT molecular complexity index is 1290. The van der Waals surface area contributed by atoms with Gasteiger partial charge in [-0.1, -0.05) is 72.3 Å². The summed E-state index contributed by atoms with van der Waals surface area (Å²) in [7, 11) is 0. The van der Waals surface area contributed by atoms with Crippen molar-refractivity contribution < 1.29 is 9.53 Å². The lowest BCUT2D eigenvalue weighted by molar-refractivity contribution is -0.145. The lowest BCUT2D eigenvalue weighted by Gasteiger charge is -2.17. The van der Waals surface area contributed by atoms with Gasteiger partial charge in [0, 0.05) is 29.6 Å². The van der Waals surface area contributed by atoms with E-state index in [0.29, 0.717) is 17.1 Å². The predicted molar refractivity (Wildman–Crippen MR) is 133 cm³/mol. The summed E-state index contributed by atoms with van der Waals surface area (Å²) in [5.74, 6) is -1.60. The van der Waals surface area contributed by atoms with Crippen LogP contribution in [0.1, 0.15) is 28.3 Å². The van der Waals surface area contributed by atoms with Gasteiger partial charge in [-0.15, -0.1) is 0 Å². The molecule has 0 aliphatic rings. The molecule has 34 heavy (non-hydrogen) atoms. The summed E-state index contributed by atoms with van der Waals surface area (Å²) in [6.45, 7) is 0.765. The van der Waals surface area contributed by atoms with E-state index in [1.54, 1.807) is 18.2 Å². The van der Waals surface area contributed by atoms with Gasteiger partial charge in [0.2, 0.25) is 0 Å². The number of halogens is 1. The van der Waals surface area contributed by atoms with E-state index < -0.39 is 17.4 Å². The van der Waals surface area contributed by atoms with Crippen molar-refractivity contribution >= 4 is 23.3 Å². The number of H-pyrrole nitrogens is 1. The molecule has 0 fully saturated rings. The molecule has 1 atom stereocenters. The van der Waals surface area contributed by atoms with Crippen LogP contribution in [0.15, 0.2) is 96.1 Å². The van der Waals surface area contributed by atoms with Gasteiger partial charge < -0.3 is 15.0 Å². The third kappa shape index (κ3) is 6.11. The third-order valence-corrected chi connectivity index (χ3v) is 5.53. The summed E-state index contributed by atoms with van der Waals surface area (Å²) in [4.78, 5) is 32.5. The lowest BCUT2D eigenvalue weighted by atomic mass is 9.95. The van der Waals surface area contributed by atoms with Gasteiger partial charge in [0.25, 0.3) is 5.56 Å². The minimum Gasteiger partial charge on any atom is -0.460 e. The molecule has 0 saturated heterocycles. The van der Waals surface area contributed by atoms with E-state index in [0.717, 1.165) is 17.7 Å². The maximum atomic E-state index is 13.2. The van der Waals surface area contributed by atoms with Gasteiger partial charge in [-0.25, -0.2) is 0 Å². The van der Waals surface area contributed by atoms with Crippen LogP contribution in [-0.2, 0) is 22.6 Å². The Balaban J connectivity index is 1.58. The first-order chi connectivity index (χ1) is 16.6. The number of nitrogens with one attached hydrogen (secondary N) is 2. The van der Waals surface area contributed by atoms with E-state index >= 15 is 0 Å². The molecule has 2 N–H and O–H groups in total. The fourth-order valence-electron chi connectivity index (χ4n) is 3.66. The van der Waals surface area contributed by atoms with Crippen molar-refractivity contribution in [3.8, 4) is 0 Å². The Morgan fingerprint density at radius 2 is 1.71 bits per heavy atom. The topological polar surface area (TPSA) is 84.1 Å². The summed E-state index contributed by atoms with van der Waals surface area (Å²) in [5.41, 5.74) is 2.92. The first kappa shape index (κ1) is 23.3. The molecule has 1 aromatic heterocycles. The second-order valence-corrected chi connectivity index (χ2v) is 8.20. The second-order valence-electron chi connectivity index (χ2n) is 7.77. The fraction of sp³-hybridized carbons (Fsp3) is 0.148. The van der Waals surface area contributed by atoms with Crippen LogP contribution in [0.2, 0.25) is 5.02 Å². The first-order valence-corrected chi connectivity index (χ1v) is 11.3. The quantitative estimate of drug-likeness (QED) is 0.336. The van der Waals surface area contributed by atoms with Crippen molar-refractivity contribution in [2.24, 2.45) is 0 Å². The summed E-state index contributed by atoms with van der Waals surface area (Å²) < 4.78 is 5.58. The molecule has 3 aromatic carbocycles. The Hall–Kier alpha value is -3.90. The van der Waals surface area contributed by atoms with Crippen molar-refractivity contribution in [2.45, 2.75) is 18.9 Å². The van der Waals surface area contributed by atoms with Gasteiger partial charge in [-0.3, -0.25) is 14.6 Å². The Labute approximate surface area is 202 Å². The van der Waals surface area contributed by atoms with E-state index in [2.05, 4.69) is 27.4 Å². The van der Waals surface area contributed by atoms with Gasteiger partial charge in [0.1, 0.15) is 18.2 Å².